The van der Waals surface area contributed by atoms with Gasteiger partial charge in [-0.1, -0.05) is 43.1 Å². The molecule has 0 unspecified atom stereocenters. The van der Waals surface area contributed by atoms with E-state index < -0.39 is 5.60 Å². The van der Waals surface area contributed by atoms with Gasteiger partial charge in [-0.25, -0.2) is 0 Å². The van der Waals surface area contributed by atoms with Gasteiger partial charge >= 0.3 is 0 Å². The summed E-state index contributed by atoms with van der Waals surface area (Å²) in [5, 5.41) is 11.3. The topological polar surface area (TPSA) is 20.2 Å². The van der Waals surface area contributed by atoms with Crippen LogP contribution < -0.4 is 0 Å². The van der Waals surface area contributed by atoms with Crippen molar-refractivity contribution in [2.75, 3.05) is 0 Å². The quantitative estimate of drug-likeness (QED) is 0.822. The van der Waals surface area contributed by atoms with Crippen LogP contribution in [0.1, 0.15) is 44.6 Å². The van der Waals surface area contributed by atoms with Crippen molar-refractivity contribution < 1.29 is 5.11 Å². The Balaban J connectivity index is 2.18. The number of rotatable bonds is 2. The molecule has 2 heteroatoms. The van der Waals surface area contributed by atoms with E-state index >= 15 is 0 Å². The monoisotopic (exact) mass is 238 g/mol. The second-order valence-corrected chi connectivity index (χ2v) is 5.27. The van der Waals surface area contributed by atoms with Crippen molar-refractivity contribution in [2.45, 2.75) is 44.6 Å². The zero-order valence-electron chi connectivity index (χ0n) is 9.75. The molecule has 0 heterocycles. The Labute approximate surface area is 102 Å². The van der Waals surface area contributed by atoms with Gasteiger partial charge in [-0.3, -0.25) is 0 Å². The fourth-order valence-electron chi connectivity index (χ4n) is 2.67. The summed E-state index contributed by atoms with van der Waals surface area (Å²) in [6.45, 7) is 2.23. The van der Waals surface area contributed by atoms with Gasteiger partial charge in [0.1, 0.15) is 0 Å². The molecule has 1 aromatic carbocycles. The van der Waals surface area contributed by atoms with Crippen LogP contribution in [0.25, 0.3) is 0 Å². The second kappa shape index (κ2) is 4.77. The minimum atomic E-state index is -0.690. The predicted octanol–water partition coefficient (Wildman–Crippen LogP) is 4.13. The molecule has 1 N–H and O–H groups in total. The SMILES string of the molecule is CCC1CCC(O)(c2ccccc2Cl)CC1. The predicted molar refractivity (Wildman–Crippen MR) is 67.6 cm³/mol. The lowest BCUT2D eigenvalue weighted by Gasteiger charge is -2.36. The Morgan fingerprint density at radius 3 is 2.50 bits per heavy atom. The molecular formula is C14H19ClO. The van der Waals surface area contributed by atoms with E-state index in [1.54, 1.807) is 0 Å². The molecule has 0 aromatic heterocycles. The molecular weight excluding hydrogens is 220 g/mol. The third-order valence-corrected chi connectivity index (χ3v) is 4.21. The summed E-state index contributed by atoms with van der Waals surface area (Å²) in [4.78, 5) is 0. The molecule has 1 aliphatic rings. The maximum Gasteiger partial charge on any atom is 0.0911 e. The first-order chi connectivity index (χ1) is 7.65. The number of benzene rings is 1. The molecule has 1 saturated carbocycles. The van der Waals surface area contributed by atoms with Crippen molar-refractivity contribution in [3.63, 3.8) is 0 Å². The van der Waals surface area contributed by atoms with Crippen LogP contribution in [0, 0.1) is 5.92 Å². The third kappa shape index (κ3) is 2.26. The minimum absolute atomic E-state index is 0.690. The van der Waals surface area contributed by atoms with Crippen LogP contribution in [0.3, 0.4) is 0 Å². The molecule has 1 aliphatic carbocycles. The summed E-state index contributed by atoms with van der Waals surface area (Å²) in [7, 11) is 0. The van der Waals surface area contributed by atoms with Crippen molar-refractivity contribution >= 4 is 11.6 Å². The summed E-state index contributed by atoms with van der Waals surface area (Å²) in [6, 6.07) is 7.67. The first-order valence-electron chi connectivity index (χ1n) is 6.13. The molecule has 0 atom stereocenters. The highest BCUT2D eigenvalue weighted by molar-refractivity contribution is 6.31. The molecule has 0 radical (unpaired) electrons. The van der Waals surface area contributed by atoms with Gasteiger partial charge in [0.2, 0.25) is 0 Å². The molecule has 1 nitrogen and oxygen atoms in total. The standard InChI is InChI=1S/C14H19ClO/c1-2-11-7-9-14(16,10-8-11)12-5-3-4-6-13(12)15/h3-6,11,16H,2,7-10H2,1H3. The van der Waals surface area contributed by atoms with Gasteiger partial charge in [0.25, 0.3) is 0 Å². The molecule has 88 valence electrons. The van der Waals surface area contributed by atoms with E-state index in [2.05, 4.69) is 6.92 Å². The van der Waals surface area contributed by atoms with E-state index in [1.165, 1.54) is 6.42 Å². The van der Waals surface area contributed by atoms with Crippen molar-refractivity contribution in [1.29, 1.82) is 0 Å². The number of hydrogen-bond acceptors (Lipinski definition) is 1. The molecule has 2 rings (SSSR count). The van der Waals surface area contributed by atoms with Gasteiger partial charge in [-0.2, -0.15) is 0 Å². The molecule has 0 saturated heterocycles. The smallest absolute Gasteiger partial charge is 0.0911 e. The Morgan fingerprint density at radius 2 is 1.94 bits per heavy atom. The van der Waals surface area contributed by atoms with Crippen molar-refractivity contribution in [3.05, 3.63) is 34.9 Å². The van der Waals surface area contributed by atoms with Gasteiger partial charge in [0.05, 0.1) is 5.60 Å². The van der Waals surface area contributed by atoms with Gasteiger partial charge < -0.3 is 5.11 Å². The normalized spacial score (nSPS) is 30.3. The van der Waals surface area contributed by atoms with Crippen LogP contribution in [0.4, 0.5) is 0 Å². The molecule has 0 amide bonds. The lowest BCUT2D eigenvalue weighted by Crippen LogP contribution is -2.31. The maximum absolute atomic E-state index is 10.7. The number of hydrogen-bond donors (Lipinski definition) is 1. The fourth-order valence-corrected chi connectivity index (χ4v) is 2.98. The van der Waals surface area contributed by atoms with E-state index in [-0.39, 0.29) is 0 Å². The molecule has 1 fully saturated rings. The average molecular weight is 239 g/mol. The lowest BCUT2D eigenvalue weighted by atomic mass is 9.74. The zero-order chi connectivity index (χ0) is 11.6. The number of aliphatic hydroxyl groups is 1. The highest BCUT2D eigenvalue weighted by Crippen LogP contribution is 2.42. The minimum Gasteiger partial charge on any atom is -0.385 e. The van der Waals surface area contributed by atoms with E-state index in [0.29, 0.717) is 5.02 Å². The summed E-state index contributed by atoms with van der Waals surface area (Å²) < 4.78 is 0. The Bertz CT molecular complexity index is 354. The zero-order valence-corrected chi connectivity index (χ0v) is 10.5. The van der Waals surface area contributed by atoms with Crippen molar-refractivity contribution in [2.24, 2.45) is 5.92 Å². The first-order valence-corrected chi connectivity index (χ1v) is 6.51. The molecule has 16 heavy (non-hydrogen) atoms. The van der Waals surface area contributed by atoms with Crippen LogP contribution >= 0.6 is 11.6 Å². The molecule has 0 aliphatic heterocycles. The summed E-state index contributed by atoms with van der Waals surface area (Å²) in [5.41, 5.74) is 0.218. The highest BCUT2D eigenvalue weighted by atomic mass is 35.5. The first kappa shape index (κ1) is 11.9. The van der Waals surface area contributed by atoms with Gasteiger partial charge in [-0.15, -0.1) is 0 Å². The van der Waals surface area contributed by atoms with Gasteiger partial charge in [-0.05, 0) is 37.7 Å². The highest BCUT2D eigenvalue weighted by Gasteiger charge is 2.35. The van der Waals surface area contributed by atoms with E-state index in [9.17, 15) is 5.11 Å². The number of halogens is 1. The largest absolute Gasteiger partial charge is 0.385 e. The van der Waals surface area contributed by atoms with Gasteiger partial charge in [0.15, 0.2) is 0 Å². The summed E-state index contributed by atoms with van der Waals surface area (Å²) in [6.07, 6.45) is 5.12. The molecule has 0 spiro atoms. The van der Waals surface area contributed by atoms with Crippen molar-refractivity contribution in [3.8, 4) is 0 Å². The Kier molecular flexibility index (Phi) is 3.56. The van der Waals surface area contributed by atoms with E-state index in [4.69, 9.17) is 11.6 Å². The third-order valence-electron chi connectivity index (χ3n) is 3.88. The second-order valence-electron chi connectivity index (χ2n) is 4.86. The fraction of sp³-hybridized carbons (Fsp3) is 0.571. The lowest BCUT2D eigenvalue weighted by molar-refractivity contribution is -0.0144. The average Bonchev–Trinajstić information content (AvgIpc) is 2.30. The van der Waals surface area contributed by atoms with Crippen LogP contribution in [0.5, 0.6) is 0 Å². The van der Waals surface area contributed by atoms with Crippen LogP contribution in [-0.4, -0.2) is 5.11 Å². The molecule has 1 aromatic rings. The maximum atomic E-state index is 10.7. The van der Waals surface area contributed by atoms with Crippen molar-refractivity contribution in [1.82, 2.24) is 0 Å². The molecule has 0 bridgehead atoms. The summed E-state index contributed by atoms with van der Waals surface area (Å²) in [5.74, 6) is 0.780. The Morgan fingerprint density at radius 1 is 1.31 bits per heavy atom. The van der Waals surface area contributed by atoms with Crippen LogP contribution in [-0.2, 0) is 5.60 Å². The van der Waals surface area contributed by atoms with E-state index in [1.807, 2.05) is 24.3 Å². The van der Waals surface area contributed by atoms with Gasteiger partial charge in [0, 0.05) is 10.6 Å². The summed E-state index contributed by atoms with van der Waals surface area (Å²) >= 11 is 6.16. The van der Waals surface area contributed by atoms with E-state index in [0.717, 1.165) is 37.2 Å². The Hall–Kier alpha value is -0.530. The van der Waals surface area contributed by atoms with Crippen LogP contribution in [0.15, 0.2) is 24.3 Å². The van der Waals surface area contributed by atoms with Crippen LogP contribution in [0.2, 0.25) is 5.02 Å².